The molecular weight excluding hydrogens is 538 g/mol. The zero-order valence-corrected chi connectivity index (χ0v) is 23.6. The molecule has 1 aliphatic rings. The van der Waals surface area contributed by atoms with Gasteiger partial charge in [0, 0.05) is 67.6 Å². The molecule has 2 N–H and O–H groups in total. The molecule has 42 heavy (non-hydrogen) atoms. The summed E-state index contributed by atoms with van der Waals surface area (Å²) in [6.45, 7) is 1.92. The van der Waals surface area contributed by atoms with Crippen molar-refractivity contribution in [3.05, 3.63) is 61.4 Å². The van der Waals surface area contributed by atoms with Crippen molar-refractivity contribution in [2.45, 2.75) is 19.4 Å². The smallest absolute Gasteiger partial charge is 0.231 e. The van der Waals surface area contributed by atoms with Gasteiger partial charge in [-0.05, 0) is 30.7 Å². The number of rotatable bonds is 11. The molecule has 216 valence electrons. The topological polar surface area (TPSA) is 133 Å². The van der Waals surface area contributed by atoms with Gasteiger partial charge in [-0.1, -0.05) is 0 Å². The van der Waals surface area contributed by atoms with Crippen molar-refractivity contribution in [1.82, 2.24) is 34.0 Å². The monoisotopic (exact) mass is 569 g/mol. The molecule has 0 saturated carbocycles. The van der Waals surface area contributed by atoms with E-state index in [0.29, 0.717) is 65.4 Å². The van der Waals surface area contributed by atoms with Gasteiger partial charge in [-0.2, -0.15) is 9.97 Å². The van der Waals surface area contributed by atoms with E-state index in [1.807, 2.05) is 44.5 Å². The minimum atomic E-state index is 0.181. The quantitative estimate of drug-likeness (QED) is 0.239. The van der Waals surface area contributed by atoms with Crippen molar-refractivity contribution in [3.8, 4) is 22.9 Å². The maximum absolute atomic E-state index is 12.2. The zero-order chi connectivity index (χ0) is 29.1. The Labute approximate surface area is 242 Å². The first-order valence-electron chi connectivity index (χ1n) is 13.5. The second kappa shape index (κ2) is 11.6. The SMILES string of the molecule is COc1cc(Nc2nc(Nc3ccc(-n4ccnc4)cc3)nc3c2ncn3CCN2CCCC2=O)cc(OC)c1OC. The van der Waals surface area contributed by atoms with E-state index in [9.17, 15) is 4.79 Å². The summed E-state index contributed by atoms with van der Waals surface area (Å²) >= 11 is 0. The van der Waals surface area contributed by atoms with Crippen molar-refractivity contribution >= 4 is 40.2 Å². The van der Waals surface area contributed by atoms with Gasteiger partial charge in [0.25, 0.3) is 0 Å². The lowest BCUT2D eigenvalue weighted by Gasteiger charge is -2.16. The fraction of sp³-hybridized carbons (Fsp3) is 0.276. The summed E-state index contributed by atoms with van der Waals surface area (Å²) in [6.07, 6.45) is 8.59. The number of carbonyl (C=O) groups excluding carboxylic acids is 1. The Morgan fingerprint density at radius 1 is 0.905 bits per heavy atom. The number of methoxy groups -OCH3 is 3. The second-order valence-corrected chi connectivity index (χ2v) is 9.67. The van der Waals surface area contributed by atoms with Crippen LogP contribution in [0.1, 0.15) is 12.8 Å². The molecule has 1 aliphatic heterocycles. The Balaban J connectivity index is 1.35. The average Bonchev–Trinajstić information content (AvgIpc) is 3.78. The van der Waals surface area contributed by atoms with Crippen LogP contribution in [0.3, 0.4) is 0 Å². The van der Waals surface area contributed by atoms with Crippen LogP contribution in [-0.2, 0) is 11.3 Å². The van der Waals surface area contributed by atoms with E-state index in [2.05, 4.69) is 20.6 Å². The van der Waals surface area contributed by atoms with E-state index in [0.717, 1.165) is 24.3 Å². The van der Waals surface area contributed by atoms with Crippen LogP contribution in [0.25, 0.3) is 16.9 Å². The average molecular weight is 570 g/mol. The van der Waals surface area contributed by atoms with E-state index in [-0.39, 0.29) is 5.91 Å². The zero-order valence-electron chi connectivity index (χ0n) is 23.6. The molecule has 1 amide bonds. The predicted molar refractivity (Wildman–Crippen MR) is 157 cm³/mol. The summed E-state index contributed by atoms with van der Waals surface area (Å²) in [5, 5.41) is 6.68. The molecule has 0 aliphatic carbocycles. The third-order valence-corrected chi connectivity index (χ3v) is 7.10. The molecule has 4 heterocycles. The molecule has 2 aromatic carbocycles. The molecule has 0 atom stereocenters. The van der Waals surface area contributed by atoms with E-state index in [1.54, 1.807) is 52.3 Å². The summed E-state index contributed by atoms with van der Waals surface area (Å²) < 4.78 is 20.4. The Bertz CT molecular complexity index is 1680. The number of anilines is 4. The number of fused-ring (bicyclic) bond motifs is 1. The van der Waals surface area contributed by atoms with Crippen LogP contribution in [0.2, 0.25) is 0 Å². The van der Waals surface area contributed by atoms with Crippen LogP contribution >= 0.6 is 0 Å². The first-order chi connectivity index (χ1) is 20.6. The number of ether oxygens (including phenoxy) is 3. The molecule has 0 bridgehead atoms. The van der Waals surface area contributed by atoms with Gasteiger partial charge in [-0.25, -0.2) is 9.97 Å². The van der Waals surface area contributed by atoms with Crippen molar-refractivity contribution in [3.63, 3.8) is 0 Å². The van der Waals surface area contributed by atoms with Crippen LogP contribution in [0.15, 0.2) is 61.4 Å². The maximum atomic E-state index is 12.2. The van der Waals surface area contributed by atoms with Crippen LogP contribution in [0, 0.1) is 0 Å². The molecule has 5 aromatic rings. The Morgan fingerprint density at radius 2 is 1.69 bits per heavy atom. The third kappa shape index (κ3) is 5.36. The molecule has 1 saturated heterocycles. The number of nitrogens with one attached hydrogen (secondary N) is 2. The number of benzene rings is 2. The van der Waals surface area contributed by atoms with Crippen molar-refractivity contribution in [2.24, 2.45) is 0 Å². The fourth-order valence-corrected chi connectivity index (χ4v) is 4.97. The van der Waals surface area contributed by atoms with Crippen molar-refractivity contribution in [1.29, 1.82) is 0 Å². The van der Waals surface area contributed by atoms with Gasteiger partial charge in [0.05, 0.1) is 34.0 Å². The maximum Gasteiger partial charge on any atom is 0.231 e. The molecule has 0 spiro atoms. The Hall–Kier alpha value is -5.33. The Kier molecular flexibility index (Phi) is 7.45. The highest BCUT2D eigenvalue weighted by Crippen LogP contribution is 2.41. The first kappa shape index (κ1) is 26.9. The summed E-state index contributed by atoms with van der Waals surface area (Å²) in [5.74, 6) is 2.54. The number of hydrogen-bond donors (Lipinski definition) is 2. The first-order valence-corrected chi connectivity index (χ1v) is 13.5. The number of amides is 1. The minimum absolute atomic E-state index is 0.181. The van der Waals surface area contributed by atoms with Crippen LogP contribution in [0.5, 0.6) is 17.2 Å². The largest absolute Gasteiger partial charge is 0.493 e. The standard InChI is InChI=1S/C29H31N9O4/c1-40-22-15-20(16-23(41-2)26(22)42-3)32-27-25-28(38(18-31-25)14-13-36-11-4-5-24(36)39)35-29(34-27)33-19-6-8-21(9-7-19)37-12-10-30-17-37/h6-10,12,15-18H,4-5,11,13-14H2,1-3H3,(H2,32,33,34,35). The highest BCUT2D eigenvalue weighted by atomic mass is 16.5. The van der Waals surface area contributed by atoms with E-state index in [1.165, 1.54) is 0 Å². The van der Waals surface area contributed by atoms with E-state index >= 15 is 0 Å². The van der Waals surface area contributed by atoms with Gasteiger partial charge >= 0.3 is 0 Å². The summed E-state index contributed by atoms with van der Waals surface area (Å²) in [6, 6.07) is 11.5. The molecule has 1 fully saturated rings. The van der Waals surface area contributed by atoms with Crippen LogP contribution in [-0.4, -0.2) is 74.3 Å². The summed E-state index contributed by atoms with van der Waals surface area (Å²) in [5.41, 5.74) is 3.67. The lowest BCUT2D eigenvalue weighted by atomic mass is 10.2. The molecule has 13 heteroatoms. The predicted octanol–water partition coefficient (Wildman–Crippen LogP) is 4.15. The highest BCUT2D eigenvalue weighted by Gasteiger charge is 2.21. The molecule has 13 nitrogen and oxygen atoms in total. The lowest BCUT2D eigenvalue weighted by Crippen LogP contribution is -2.28. The summed E-state index contributed by atoms with van der Waals surface area (Å²) in [7, 11) is 4.69. The van der Waals surface area contributed by atoms with Crippen LogP contribution < -0.4 is 24.8 Å². The number of aromatic nitrogens is 6. The number of hydrogen-bond acceptors (Lipinski definition) is 10. The molecule has 6 rings (SSSR count). The number of likely N-dealkylation sites (tertiary alicyclic amines) is 1. The van der Waals surface area contributed by atoms with Crippen LogP contribution in [0.4, 0.5) is 23.1 Å². The molecule has 0 unspecified atom stereocenters. The number of imidazole rings is 2. The van der Waals surface area contributed by atoms with Gasteiger partial charge in [0.2, 0.25) is 17.6 Å². The van der Waals surface area contributed by atoms with Gasteiger partial charge < -0.3 is 38.9 Å². The Morgan fingerprint density at radius 3 is 2.33 bits per heavy atom. The number of carbonyl (C=O) groups is 1. The molecule has 0 radical (unpaired) electrons. The minimum Gasteiger partial charge on any atom is -0.493 e. The normalized spacial score (nSPS) is 13.0. The highest BCUT2D eigenvalue weighted by molar-refractivity contribution is 5.87. The van der Waals surface area contributed by atoms with Gasteiger partial charge in [0.1, 0.15) is 0 Å². The fourth-order valence-electron chi connectivity index (χ4n) is 4.97. The second-order valence-electron chi connectivity index (χ2n) is 9.67. The molecule has 3 aromatic heterocycles. The van der Waals surface area contributed by atoms with Gasteiger partial charge in [-0.15, -0.1) is 0 Å². The lowest BCUT2D eigenvalue weighted by molar-refractivity contribution is -0.127. The van der Waals surface area contributed by atoms with Crippen molar-refractivity contribution in [2.75, 3.05) is 45.1 Å². The third-order valence-electron chi connectivity index (χ3n) is 7.10. The van der Waals surface area contributed by atoms with Gasteiger partial charge in [-0.3, -0.25) is 4.79 Å². The van der Waals surface area contributed by atoms with E-state index in [4.69, 9.17) is 24.2 Å². The summed E-state index contributed by atoms with van der Waals surface area (Å²) in [4.78, 5) is 32.4. The van der Waals surface area contributed by atoms with Gasteiger partial charge in [0.15, 0.2) is 28.5 Å². The molecular formula is C29H31N9O4. The van der Waals surface area contributed by atoms with Crippen molar-refractivity contribution < 1.29 is 19.0 Å². The van der Waals surface area contributed by atoms with E-state index < -0.39 is 0 Å². The number of nitrogens with zero attached hydrogens (tertiary/aromatic N) is 7.